The Balaban J connectivity index is 2.28. The summed E-state index contributed by atoms with van der Waals surface area (Å²) >= 11 is 0. The van der Waals surface area contributed by atoms with Gasteiger partial charge in [0.15, 0.2) is 11.6 Å². The monoisotopic (exact) mass is 258 g/mol. The molecule has 0 amide bonds. The standard InChI is InChI=1S/C14H8F2N2O/c15-13-4-3-10(6-14(13)16)1-2-11-5-12(9-18-19)8-17-7-11/h3-9,19H/b18-9+. The van der Waals surface area contributed by atoms with E-state index in [9.17, 15) is 8.78 Å². The van der Waals surface area contributed by atoms with Crippen molar-refractivity contribution in [2.45, 2.75) is 0 Å². The number of oxime groups is 1. The van der Waals surface area contributed by atoms with Crippen LogP contribution in [-0.4, -0.2) is 16.4 Å². The fourth-order valence-electron chi connectivity index (χ4n) is 1.38. The van der Waals surface area contributed by atoms with Crippen LogP contribution in [0, 0.1) is 23.5 Å². The van der Waals surface area contributed by atoms with Gasteiger partial charge in [-0.3, -0.25) is 4.98 Å². The first kappa shape index (κ1) is 12.7. The number of benzene rings is 1. The molecule has 0 aliphatic carbocycles. The Morgan fingerprint density at radius 3 is 2.58 bits per heavy atom. The Morgan fingerprint density at radius 1 is 1.05 bits per heavy atom. The minimum absolute atomic E-state index is 0.361. The first-order chi connectivity index (χ1) is 9.19. The lowest BCUT2D eigenvalue weighted by Crippen LogP contribution is -1.87. The van der Waals surface area contributed by atoms with E-state index in [1.807, 2.05) is 0 Å². The lowest BCUT2D eigenvalue weighted by Gasteiger charge is -1.94. The predicted octanol–water partition coefficient (Wildman–Crippen LogP) is 2.57. The summed E-state index contributed by atoms with van der Waals surface area (Å²) in [7, 11) is 0. The summed E-state index contributed by atoms with van der Waals surface area (Å²) in [6.07, 6.45) is 4.24. The zero-order valence-electron chi connectivity index (χ0n) is 9.64. The smallest absolute Gasteiger partial charge is 0.160 e. The first-order valence-electron chi connectivity index (χ1n) is 5.28. The molecule has 0 saturated carbocycles. The molecular formula is C14H8F2N2O. The highest BCUT2D eigenvalue weighted by molar-refractivity contribution is 5.79. The van der Waals surface area contributed by atoms with E-state index in [0.29, 0.717) is 16.7 Å². The highest BCUT2D eigenvalue weighted by Crippen LogP contribution is 2.08. The molecule has 0 radical (unpaired) electrons. The molecule has 0 bridgehead atoms. The van der Waals surface area contributed by atoms with Crippen molar-refractivity contribution >= 4 is 6.21 Å². The second-order valence-corrected chi connectivity index (χ2v) is 3.63. The van der Waals surface area contributed by atoms with Crippen molar-refractivity contribution < 1.29 is 14.0 Å². The summed E-state index contributed by atoms with van der Waals surface area (Å²) in [4.78, 5) is 3.91. The molecular weight excluding hydrogens is 250 g/mol. The SMILES string of the molecule is O/N=C/c1cncc(C#Cc2ccc(F)c(F)c2)c1. The maximum atomic E-state index is 13.0. The predicted molar refractivity (Wildman–Crippen MR) is 66.0 cm³/mol. The Hall–Kier alpha value is -2.74. The van der Waals surface area contributed by atoms with Crippen molar-refractivity contribution in [2.24, 2.45) is 5.16 Å². The van der Waals surface area contributed by atoms with Crippen molar-refractivity contribution in [3.05, 3.63) is 65.0 Å². The van der Waals surface area contributed by atoms with E-state index >= 15 is 0 Å². The van der Waals surface area contributed by atoms with Gasteiger partial charge in [0.1, 0.15) is 0 Å². The van der Waals surface area contributed by atoms with Gasteiger partial charge in [-0.05, 0) is 24.3 Å². The van der Waals surface area contributed by atoms with Crippen LogP contribution in [0.3, 0.4) is 0 Å². The van der Waals surface area contributed by atoms with Gasteiger partial charge in [-0.1, -0.05) is 17.0 Å². The number of aromatic nitrogens is 1. The fraction of sp³-hybridized carbons (Fsp3) is 0. The molecule has 19 heavy (non-hydrogen) atoms. The fourth-order valence-corrected chi connectivity index (χ4v) is 1.38. The average Bonchev–Trinajstić information content (AvgIpc) is 2.41. The van der Waals surface area contributed by atoms with Gasteiger partial charge in [0.05, 0.1) is 6.21 Å². The number of rotatable bonds is 1. The molecule has 94 valence electrons. The Kier molecular flexibility index (Phi) is 3.84. The van der Waals surface area contributed by atoms with Crippen LogP contribution in [0.25, 0.3) is 0 Å². The van der Waals surface area contributed by atoms with E-state index in [4.69, 9.17) is 5.21 Å². The number of pyridine rings is 1. The van der Waals surface area contributed by atoms with E-state index in [2.05, 4.69) is 22.0 Å². The van der Waals surface area contributed by atoms with Gasteiger partial charge in [-0.15, -0.1) is 0 Å². The van der Waals surface area contributed by atoms with Crippen molar-refractivity contribution in [3.63, 3.8) is 0 Å². The molecule has 0 unspecified atom stereocenters. The number of nitrogens with zero attached hydrogens (tertiary/aromatic N) is 2. The van der Waals surface area contributed by atoms with Gasteiger partial charge >= 0.3 is 0 Å². The van der Waals surface area contributed by atoms with Crippen molar-refractivity contribution in [2.75, 3.05) is 0 Å². The Bertz CT molecular complexity index is 687. The van der Waals surface area contributed by atoms with Crippen molar-refractivity contribution in [1.29, 1.82) is 0 Å². The molecule has 2 rings (SSSR count). The second-order valence-electron chi connectivity index (χ2n) is 3.63. The minimum atomic E-state index is -0.939. The summed E-state index contributed by atoms with van der Waals surface area (Å²) < 4.78 is 25.7. The topological polar surface area (TPSA) is 45.5 Å². The molecule has 0 saturated heterocycles. The molecule has 0 aliphatic heterocycles. The highest BCUT2D eigenvalue weighted by atomic mass is 19.2. The third-order valence-electron chi connectivity index (χ3n) is 2.24. The van der Waals surface area contributed by atoms with E-state index < -0.39 is 11.6 Å². The Labute approximate surface area is 108 Å². The van der Waals surface area contributed by atoms with Gasteiger partial charge in [0, 0.05) is 29.1 Å². The molecule has 2 aromatic rings. The summed E-state index contributed by atoms with van der Waals surface area (Å²) in [5.41, 5.74) is 1.52. The zero-order chi connectivity index (χ0) is 13.7. The lowest BCUT2D eigenvalue weighted by molar-refractivity contribution is 0.322. The molecule has 0 fully saturated rings. The molecule has 1 N–H and O–H groups in total. The maximum absolute atomic E-state index is 13.0. The van der Waals surface area contributed by atoms with Crippen LogP contribution in [0.5, 0.6) is 0 Å². The average molecular weight is 258 g/mol. The van der Waals surface area contributed by atoms with Crippen molar-refractivity contribution in [3.8, 4) is 11.8 Å². The molecule has 3 nitrogen and oxygen atoms in total. The number of halogens is 2. The number of hydrogen-bond donors (Lipinski definition) is 1. The van der Waals surface area contributed by atoms with Crippen LogP contribution >= 0.6 is 0 Å². The maximum Gasteiger partial charge on any atom is 0.160 e. The normalized spacial score (nSPS) is 10.2. The number of hydrogen-bond acceptors (Lipinski definition) is 3. The summed E-state index contributed by atoms with van der Waals surface area (Å²) in [6, 6.07) is 5.08. The summed E-state index contributed by atoms with van der Waals surface area (Å²) in [6.45, 7) is 0. The van der Waals surface area contributed by atoms with Crippen LogP contribution < -0.4 is 0 Å². The van der Waals surface area contributed by atoms with Crippen LogP contribution in [0.4, 0.5) is 8.78 Å². The first-order valence-corrected chi connectivity index (χ1v) is 5.28. The van der Waals surface area contributed by atoms with Gasteiger partial charge in [0.2, 0.25) is 0 Å². The Morgan fingerprint density at radius 2 is 1.84 bits per heavy atom. The molecule has 1 aromatic heterocycles. The van der Waals surface area contributed by atoms with Crippen molar-refractivity contribution in [1.82, 2.24) is 4.98 Å². The van der Waals surface area contributed by atoms with E-state index in [0.717, 1.165) is 12.1 Å². The molecule has 0 atom stereocenters. The molecule has 1 heterocycles. The molecule has 1 aromatic carbocycles. The summed E-state index contributed by atoms with van der Waals surface area (Å²) in [5, 5.41) is 11.3. The molecule has 5 heteroatoms. The van der Waals surface area contributed by atoms with Gasteiger partial charge in [0.25, 0.3) is 0 Å². The van der Waals surface area contributed by atoms with Crippen LogP contribution in [0.2, 0.25) is 0 Å². The van der Waals surface area contributed by atoms with Gasteiger partial charge < -0.3 is 5.21 Å². The van der Waals surface area contributed by atoms with Gasteiger partial charge in [-0.2, -0.15) is 0 Å². The van der Waals surface area contributed by atoms with Gasteiger partial charge in [-0.25, -0.2) is 8.78 Å². The minimum Gasteiger partial charge on any atom is -0.411 e. The van der Waals surface area contributed by atoms with E-state index in [1.165, 1.54) is 24.7 Å². The second kappa shape index (κ2) is 5.74. The quantitative estimate of drug-likeness (QED) is 0.370. The third kappa shape index (κ3) is 3.36. The molecule has 0 spiro atoms. The van der Waals surface area contributed by atoms with E-state index in [-0.39, 0.29) is 0 Å². The molecule has 0 aliphatic rings. The van der Waals surface area contributed by atoms with Crippen LogP contribution in [0.1, 0.15) is 16.7 Å². The van der Waals surface area contributed by atoms with Crippen LogP contribution in [-0.2, 0) is 0 Å². The van der Waals surface area contributed by atoms with E-state index in [1.54, 1.807) is 6.07 Å². The lowest BCUT2D eigenvalue weighted by atomic mass is 10.2. The zero-order valence-corrected chi connectivity index (χ0v) is 9.64. The third-order valence-corrected chi connectivity index (χ3v) is 2.24. The largest absolute Gasteiger partial charge is 0.411 e. The summed E-state index contributed by atoms with van der Waals surface area (Å²) in [5.74, 6) is 3.61. The van der Waals surface area contributed by atoms with Crippen LogP contribution in [0.15, 0.2) is 41.8 Å². The highest BCUT2D eigenvalue weighted by Gasteiger charge is 2.00.